The molecule has 0 aliphatic heterocycles. The molecule has 0 spiro atoms. The molecule has 76 valence electrons. The van der Waals surface area contributed by atoms with Gasteiger partial charge in [-0.3, -0.25) is 4.79 Å². The Kier molecular flexibility index (Phi) is 3.39. The van der Waals surface area contributed by atoms with Crippen molar-refractivity contribution < 1.29 is 9.90 Å². The zero-order chi connectivity index (χ0) is 10.6. The van der Waals surface area contributed by atoms with Crippen molar-refractivity contribution in [1.29, 1.82) is 0 Å². The summed E-state index contributed by atoms with van der Waals surface area (Å²) < 4.78 is 0. The van der Waals surface area contributed by atoms with Gasteiger partial charge in [-0.2, -0.15) is 0 Å². The van der Waals surface area contributed by atoms with E-state index >= 15 is 0 Å². The van der Waals surface area contributed by atoms with Gasteiger partial charge in [0, 0.05) is 19.8 Å². The lowest BCUT2D eigenvalue weighted by atomic mass is 10.4. The molecule has 0 aliphatic carbocycles. The summed E-state index contributed by atoms with van der Waals surface area (Å²) in [6, 6.07) is 1.76. The molecule has 0 bridgehead atoms. The quantitative estimate of drug-likeness (QED) is 0.765. The van der Waals surface area contributed by atoms with Crippen molar-refractivity contribution in [3.63, 3.8) is 0 Å². The van der Waals surface area contributed by atoms with Crippen LogP contribution in [0.15, 0.2) is 12.3 Å². The number of aliphatic carboxylic acids is 1. The van der Waals surface area contributed by atoms with Gasteiger partial charge in [-0.25, -0.2) is 9.97 Å². The third-order valence-electron chi connectivity index (χ3n) is 1.81. The molecule has 1 heterocycles. The van der Waals surface area contributed by atoms with Gasteiger partial charge in [0.2, 0.25) is 0 Å². The van der Waals surface area contributed by atoms with Crippen LogP contribution in [0.5, 0.6) is 0 Å². The second-order valence-electron chi connectivity index (χ2n) is 3.03. The predicted molar refractivity (Wildman–Crippen MR) is 52.3 cm³/mol. The van der Waals surface area contributed by atoms with E-state index in [1.165, 1.54) is 0 Å². The molecule has 5 heteroatoms. The van der Waals surface area contributed by atoms with Crippen LogP contribution in [0.3, 0.4) is 0 Å². The van der Waals surface area contributed by atoms with Crippen LogP contribution in [-0.2, 0) is 4.79 Å². The second-order valence-corrected chi connectivity index (χ2v) is 3.03. The van der Waals surface area contributed by atoms with Crippen LogP contribution in [0.1, 0.15) is 12.2 Å². The molecule has 0 amide bonds. The van der Waals surface area contributed by atoms with Gasteiger partial charge >= 0.3 is 5.97 Å². The van der Waals surface area contributed by atoms with Crippen LogP contribution in [-0.4, -0.2) is 34.6 Å². The molecule has 0 atom stereocenters. The van der Waals surface area contributed by atoms with Crippen molar-refractivity contribution in [2.24, 2.45) is 0 Å². The zero-order valence-electron chi connectivity index (χ0n) is 8.27. The summed E-state index contributed by atoms with van der Waals surface area (Å²) in [7, 11) is 1.81. The molecule has 0 aliphatic rings. The maximum Gasteiger partial charge on any atom is 0.305 e. The van der Waals surface area contributed by atoms with Gasteiger partial charge in [0.05, 0.1) is 6.42 Å². The van der Waals surface area contributed by atoms with E-state index in [4.69, 9.17) is 5.11 Å². The van der Waals surface area contributed by atoms with Gasteiger partial charge < -0.3 is 10.0 Å². The number of rotatable bonds is 4. The van der Waals surface area contributed by atoms with Crippen molar-refractivity contribution in [1.82, 2.24) is 9.97 Å². The van der Waals surface area contributed by atoms with Gasteiger partial charge in [-0.15, -0.1) is 0 Å². The number of carboxylic acids is 1. The van der Waals surface area contributed by atoms with Crippen molar-refractivity contribution in [3.05, 3.63) is 18.1 Å². The lowest BCUT2D eigenvalue weighted by Crippen LogP contribution is -2.22. The van der Waals surface area contributed by atoms with Crippen LogP contribution in [0.4, 0.5) is 5.82 Å². The molecule has 1 N–H and O–H groups in total. The molecule has 14 heavy (non-hydrogen) atoms. The summed E-state index contributed by atoms with van der Waals surface area (Å²) in [6.07, 6.45) is 1.77. The first kappa shape index (κ1) is 10.4. The van der Waals surface area contributed by atoms with Crippen LogP contribution >= 0.6 is 0 Å². The van der Waals surface area contributed by atoms with E-state index in [0.717, 1.165) is 5.82 Å². The van der Waals surface area contributed by atoms with Crippen LogP contribution in [0.2, 0.25) is 0 Å². The molecular weight excluding hydrogens is 182 g/mol. The maximum absolute atomic E-state index is 10.3. The predicted octanol–water partition coefficient (Wildman–Crippen LogP) is 0.696. The van der Waals surface area contributed by atoms with Crippen LogP contribution in [0, 0.1) is 6.92 Å². The topological polar surface area (TPSA) is 66.3 Å². The number of anilines is 1. The molecule has 5 nitrogen and oxygen atoms in total. The maximum atomic E-state index is 10.3. The fourth-order valence-corrected chi connectivity index (χ4v) is 1.03. The van der Waals surface area contributed by atoms with E-state index in [9.17, 15) is 4.79 Å². The number of hydrogen-bond acceptors (Lipinski definition) is 4. The normalized spacial score (nSPS) is 9.86. The number of hydrogen-bond donors (Lipinski definition) is 1. The minimum atomic E-state index is -0.803. The number of carbonyl (C=O) groups is 1. The summed E-state index contributed by atoms with van der Waals surface area (Å²) in [4.78, 5) is 20.3. The Morgan fingerprint density at radius 1 is 1.64 bits per heavy atom. The Bertz CT molecular complexity index is 328. The summed E-state index contributed by atoms with van der Waals surface area (Å²) in [5.41, 5.74) is 0. The summed E-state index contributed by atoms with van der Waals surface area (Å²) in [5.74, 6) is 0.631. The Morgan fingerprint density at radius 2 is 2.36 bits per heavy atom. The number of aromatic nitrogens is 2. The average molecular weight is 195 g/mol. The average Bonchev–Trinajstić information content (AvgIpc) is 2.14. The largest absolute Gasteiger partial charge is 0.481 e. The van der Waals surface area contributed by atoms with Crippen LogP contribution < -0.4 is 4.90 Å². The number of aryl methyl sites for hydroxylation is 1. The first-order valence-electron chi connectivity index (χ1n) is 4.32. The fraction of sp³-hybridized carbons (Fsp3) is 0.444. The molecule has 0 radical (unpaired) electrons. The van der Waals surface area contributed by atoms with E-state index in [0.29, 0.717) is 12.4 Å². The molecule has 1 aromatic rings. The Hall–Kier alpha value is -1.65. The summed E-state index contributed by atoms with van der Waals surface area (Å²) in [5, 5.41) is 8.50. The zero-order valence-corrected chi connectivity index (χ0v) is 8.27. The lowest BCUT2D eigenvalue weighted by Gasteiger charge is -2.16. The molecule has 0 unspecified atom stereocenters. The molecule has 1 aromatic heterocycles. The van der Waals surface area contributed by atoms with Gasteiger partial charge in [-0.1, -0.05) is 0 Å². The van der Waals surface area contributed by atoms with Crippen LogP contribution in [0.25, 0.3) is 0 Å². The van der Waals surface area contributed by atoms with Crippen molar-refractivity contribution in [2.45, 2.75) is 13.3 Å². The molecule has 0 saturated heterocycles. The van der Waals surface area contributed by atoms with E-state index in [1.807, 2.05) is 7.05 Å². The highest BCUT2D eigenvalue weighted by Crippen LogP contribution is 2.07. The highest BCUT2D eigenvalue weighted by atomic mass is 16.4. The van der Waals surface area contributed by atoms with Crippen molar-refractivity contribution in [2.75, 3.05) is 18.5 Å². The lowest BCUT2D eigenvalue weighted by molar-refractivity contribution is -0.136. The monoisotopic (exact) mass is 195 g/mol. The van der Waals surface area contributed by atoms with E-state index in [2.05, 4.69) is 9.97 Å². The third kappa shape index (κ3) is 3.01. The van der Waals surface area contributed by atoms with Gasteiger partial charge in [-0.05, 0) is 13.0 Å². The fourth-order valence-electron chi connectivity index (χ4n) is 1.03. The molecule has 0 aromatic carbocycles. The number of carboxylic acid groups (broad SMARTS) is 1. The first-order chi connectivity index (χ1) is 6.59. The first-order valence-corrected chi connectivity index (χ1v) is 4.32. The van der Waals surface area contributed by atoms with E-state index in [-0.39, 0.29) is 6.42 Å². The smallest absolute Gasteiger partial charge is 0.305 e. The van der Waals surface area contributed by atoms with E-state index in [1.54, 1.807) is 24.1 Å². The second kappa shape index (κ2) is 4.55. The van der Waals surface area contributed by atoms with Crippen molar-refractivity contribution in [3.8, 4) is 0 Å². The molecule has 0 saturated carbocycles. The van der Waals surface area contributed by atoms with Gasteiger partial charge in [0.1, 0.15) is 11.6 Å². The Balaban J connectivity index is 2.60. The minimum absolute atomic E-state index is 0.111. The third-order valence-corrected chi connectivity index (χ3v) is 1.81. The summed E-state index contributed by atoms with van der Waals surface area (Å²) in [6.45, 7) is 2.25. The van der Waals surface area contributed by atoms with Gasteiger partial charge in [0.25, 0.3) is 0 Å². The van der Waals surface area contributed by atoms with E-state index < -0.39 is 5.97 Å². The minimum Gasteiger partial charge on any atom is -0.481 e. The molecule has 1 rings (SSSR count). The molecular formula is C9H13N3O2. The SMILES string of the molecule is Cc1nccc(N(C)CCC(=O)O)n1. The highest BCUT2D eigenvalue weighted by molar-refractivity contribution is 5.67. The number of nitrogens with zero attached hydrogens (tertiary/aromatic N) is 3. The Morgan fingerprint density at radius 3 is 2.93 bits per heavy atom. The standard InChI is InChI=1S/C9H13N3O2/c1-7-10-5-3-8(11-7)12(2)6-4-9(13)14/h3,5H,4,6H2,1-2H3,(H,13,14). The molecule has 0 fully saturated rings. The van der Waals surface area contributed by atoms with Gasteiger partial charge in [0.15, 0.2) is 0 Å². The Labute approximate surface area is 82.4 Å². The summed E-state index contributed by atoms with van der Waals surface area (Å²) >= 11 is 0. The van der Waals surface area contributed by atoms with Crippen molar-refractivity contribution >= 4 is 11.8 Å². The highest BCUT2D eigenvalue weighted by Gasteiger charge is 2.04.